The fraction of sp³-hybridized carbons (Fsp3) is 0.433. The summed E-state index contributed by atoms with van der Waals surface area (Å²) in [5, 5.41) is 13.7. The molecule has 0 saturated carbocycles. The SMILES string of the molecule is C=C/C=C(\C=C/C(C)O)CCNc1nc(N(C)CCCc2ccc(Cl)cc2)nc(N2CCN(CC=C)CC2)n1. The van der Waals surface area contributed by atoms with Crippen molar-refractivity contribution in [3.05, 3.63) is 84.0 Å². The highest BCUT2D eigenvalue weighted by molar-refractivity contribution is 6.30. The molecular formula is C30H42ClN7O. The summed E-state index contributed by atoms with van der Waals surface area (Å²) in [6.45, 7) is 15.3. The van der Waals surface area contributed by atoms with E-state index in [1.54, 1.807) is 19.1 Å². The highest BCUT2D eigenvalue weighted by Crippen LogP contribution is 2.19. The highest BCUT2D eigenvalue weighted by Gasteiger charge is 2.20. The van der Waals surface area contributed by atoms with Crippen LogP contribution in [0.1, 0.15) is 25.3 Å². The number of hydrogen-bond acceptors (Lipinski definition) is 8. The lowest BCUT2D eigenvalue weighted by Crippen LogP contribution is -2.47. The Morgan fingerprint density at radius 1 is 1.15 bits per heavy atom. The number of hydrogen-bond donors (Lipinski definition) is 2. The summed E-state index contributed by atoms with van der Waals surface area (Å²) in [4.78, 5) is 21.1. The maximum absolute atomic E-state index is 9.59. The molecule has 3 rings (SSSR count). The summed E-state index contributed by atoms with van der Waals surface area (Å²) in [5.74, 6) is 1.91. The summed E-state index contributed by atoms with van der Waals surface area (Å²) in [6.07, 6.45) is 11.5. The zero-order valence-corrected chi connectivity index (χ0v) is 24.0. The molecule has 1 aromatic heterocycles. The molecule has 2 heterocycles. The van der Waals surface area contributed by atoms with E-state index in [4.69, 9.17) is 26.6 Å². The number of aryl methyl sites for hydroxylation is 1. The minimum atomic E-state index is -0.498. The van der Waals surface area contributed by atoms with Crippen molar-refractivity contribution in [2.24, 2.45) is 0 Å². The van der Waals surface area contributed by atoms with Crippen LogP contribution in [0.4, 0.5) is 17.8 Å². The van der Waals surface area contributed by atoms with E-state index in [-0.39, 0.29) is 0 Å². The number of aliphatic hydroxyl groups excluding tert-OH is 1. The van der Waals surface area contributed by atoms with Gasteiger partial charge in [-0.2, -0.15) is 15.0 Å². The van der Waals surface area contributed by atoms with Gasteiger partial charge in [0.25, 0.3) is 0 Å². The normalized spacial score (nSPS) is 15.4. The Hall–Kier alpha value is -3.20. The van der Waals surface area contributed by atoms with E-state index in [9.17, 15) is 5.11 Å². The van der Waals surface area contributed by atoms with Crippen molar-refractivity contribution in [2.45, 2.75) is 32.3 Å². The molecule has 8 nitrogen and oxygen atoms in total. The van der Waals surface area contributed by atoms with E-state index < -0.39 is 6.10 Å². The molecule has 1 aliphatic heterocycles. The average molecular weight is 552 g/mol. The van der Waals surface area contributed by atoms with Gasteiger partial charge >= 0.3 is 0 Å². The lowest BCUT2D eigenvalue weighted by molar-refractivity contribution is 0.244. The van der Waals surface area contributed by atoms with Crippen LogP contribution >= 0.6 is 11.6 Å². The van der Waals surface area contributed by atoms with Crippen LogP contribution in [0, 0.1) is 0 Å². The molecule has 2 aromatic rings. The quantitative estimate of drug-likeness (QED) is 0.242. The topological polar surface area (TPSA) is 80.6 Å². The van der Waals surface area contributed by atoms with Gasteiger partial charge in [0.05, 0.1) is 6.10 Å². The predicted octanol–water partition coefficient (Wildman–Crippen LogP) is 4.75. The minimum absolute atomic E-state index is 0.498. The number of piperazine rings is 1. The first-order chi connectivity index (χ1) is 18.9. The van der Waals surface area contributed by atoms with Gasteiger partial charge in [-0.25, -0.2) is 0 Å². The van der Waals surface area contributed by atoms with E-state index in [0.717, 1.165) is 69.1 Å². The molecule has 9 heteroatoms. The van der Waals surface area contributed by atoms with Crippen LogP contribution in [0.15, 0.2) is 73.4 Å². The highest BCUT2D eigenvalue weighted by atomic mass is 35.5. The second-order valence-corrected chi connectivity index (χ2v) is 10.2. The van der Waals surface area contributed by atoms with E-state index in [1.807, 2.05) is 37.4 Å². The second kappa shape index (κ2) is 16.0. The molecule has 1 atom stereocenters. The zero-order valence-electron chi connectivity index (χ0n) is 23.3. The third-order valence-electron chi connectivity index (χ3n) is 6.49. The number of anilines is 3. The van der Waals surface area contributed by atoms with Gasteiger partial charge in [-0.05, 0) is 49.5 Å². The van der Waals surface area contributed by atoms with Gasteiger partial charge in [-0.3, -0.25) is 4.90 Å². The fourth-order valence-electron chi connectivity index (χ4n) is 4.28. The standard InChI is InChI=1S/C30H42ClN7O/c1-5-8-25(11-10-24(3)39)16-17-32-28-33-29(36(4)19-7-9-26-12-14-27(31)15-13-26)35-30(34-28)38-22-20-37(18-6-2)21-23-38/h5-6,8,10-15,24,39H,1-2,7,9,16-23H2,3-4H3,(H,32,33,34,35)/b11-10-,25-8+. The Morgan fingerprint density at radius 2 is 1.90 bits per heavy atom. The van der Waals surface area contributed by atoms with Crippen LogP contribution < -0.4 is 15.1 Å². The Labute approximate surface area is 238 Å². The van der Waals surface area contributed by atoms with Crippen LogP contribution in [-0.2, 0) is 6.42 Å². The first kappa shape index (κ1) is 30.3. The average Bonchev–Trinajstić information content (AvgIpc) is 2.93. The fourth-order valence-corrected chi connectivity index (χ4v) is 4.41. The number of aromatic nitrogens is 3. The molecule has 0 spiro atoms. The molecule has 1 unspecified atom stereocenters. The van der Waals surface area contributed by atoms with Crippen LogP contribution in [-0.4, -0.2) is 83.9 Å². The molecule has 0 bridgehead atoms. The van der Waals surface area contributed by atoms with Crippen molar-refractivity contribution in [2.75, 3.05) is 68.0 Å². The largest absolute Gasteiger partial charge is 0.389 e. The number of nitrogens with one attached hydrogen (secondary N) is 1. The lowest BCUT2D eigenvalue weighted by atomic mass is 10.1. The van der Waals surface area contributed by atoms with Gasteiger partial charge < -0.3 is 20.2 Å². The van der Waals surface area contributed by atoms with Crippen LogP contribution in [0.25, 0.3) is 0 Å². The third-order valence-corrected chi connectivity index (χ3v) is 6.74. The monoisotopic (exact) mass is 551 g/mol. The number of halogens is 1. The lowest BCUT2D eigenvalue weighted by Gasteiger charge is -2.34. The molecule has 1 fully saturated rings. The second-order valence-electron chi connectivity index (χ2n) is 9.74. The molecule has 210 valence electrons. The molecule has 0 amide bonds. The van der Waals surface area contributed by atoms with Crippen molar-refractivity contribution < 1.29 is 5.11 Å². The zero-order chi connectivity index (χ0) is 28.0. The summed E-state index contributed by atoms with van der Waals surface area (Å²) in [5.41, 5.74) is 2.32. The smallest absolute Gasteiger partial charge is 0.232 e. The van der Waals surface area contributed by atoms with Crippen LogP contribution in [0.2, 0.25) is 5.02 Å². The van der Waals surface area contributed by atoms with Gasteiger partial charge in [0, 0.05) is 57.9 Å². The molecule has 1 saturated heterocycles. The van der Waals surface area contributed by atoms with Crippen LogP contribution in [0.3, 0.4) is 0 Å². The summed E-state index contributed by atoms with van der Waals surface area (Å²) < 4.78 is 0. The third kappa shape index (κ3) is 10.5. The minimum Gasteiger partial charge on any atom is -0.389 e. The van der Waals surface area contributed by atoms with E-state index in [2.05, 4.69) is 45.3 Å². The van der Waals surface area contributed by atoms with E-state index in [0.29, 0.717) is 24.4 Å². The molecular weight excluding hydrogens is 510 g/mol. The molecule has 1 aromatic carbocycles. The number of aliphatic hydroxyl groups is 1. The number of rotatable bonds is 15. The summed E-state index contributed by atoms with van der Waals surface area (Å²) in [7, 11) is 2.03. The van der Waals surface area contributed by atoms with Gasteiger partial charge in [0.1, 0.15) is 0 Å². The molecule has 0 radical (unpaired) electrons. The number of nitrogens with zero attached hydrogens (tertiary/aromatic N) is 6. The number of benzene rings is 1. The summed E-state index contributed by atoms with van der Waals surface area (Å²) >= 11 is 6.02. The van der Waals surface area contributed by atoms with Crippen molar-refractivity contribution in [3.8, 4) is 0 Å². The van der Waals surface area contributed by atoms with Crippen LogP contribution in [0.5, 0.6) is 0 Å². The first-order valence-corrected chi connectivity index (χ1v) is 14.0. The maximum atomic E-state index is 9.59. The number of allylic oxidation sites excluding steroid dienone is 3. The van der Waals surface area contributed by atoms with Gasteiger partial charge in [0.2, 0.25) is 17.8 Å². The molecule has 0 aliphatic carbocycles. The van der Waals surface area contributed by atoms with Crippen molar-refractivity contribution >= 4 is 29.4 Å². The first-order valence-electron chi connectivity index (χ1n) is 13.6. The Kier molecular flexibility index (Phi) is 12.5. The Morgan fingerprint density at radius 3 is 2.56 bits per heavy atom. The van der Waals surface area contributed by atoms with Gasteiger partial charge in [0.15, 0.2) is 0 Å². The van der Waals surface area contributed by atoms with Crippen molar-refractivity contribution in [1.82, 2.24) is 19.9 Å². The molecule has 1 aliphatic rings. The summed E-state index contributed by atoms with van der Waals surface area (Å²) in [6, 6.07) is 8.01. The van der Waals surface area contributed by atoms with Crippen molar-refractivity contribution in [1.29, 1.82) is 0 Å². The predicted molar refractivity (Wildman–Crippen MR) is 164 cm³/mol. The van der Waals surface area contributed by atoms with Gasteiger partial charge in [-0.15, -0.1) is 6.58 Å². The maximum Gasteiger partial charge on any atom is 0.232 e. The molecule has 2 N–H and O–H groups in total. The van der Waals surface area contributed by atoms with E-state index in [1.165, 1.54) is 5.56 Å². The van der Waals surface area contributed by atoms with Gasteiger partial charge in [-0.1, -0.05) is 60.7 Å². The molecule has 39 heavy (non-hydrogen) atoms. The van der Waals surface area contributed by atoms with Crippen molar-refractivity contribution in [3.63, 3.8) is 0 Å². The Balaban J connectivity index is 1.70. The Bertz CT molecular complexity index is 1110. The van der Waals surface area contributed by atoms with E-state index >= 15 is 0 Å².